The average Bonchev–Trinajstić information content (AvgIpc) is 2.93. The molecule has 2 heterocycles. The zero-order chi connectivity index (χ0) is 20.7. The lowest BCUT2D eigenvalue weighted by molar-refractivity contribution is -0.142. The molecule has 2 aromatic heterocycles. The number of rotatable bonds is 9. The minimum Gasteiger partial charge on any atom is -0.466 e. The molecule has 0 radical (unpaired) electrons. The van der Waals surface area contributed by atoms with Gasteiger partial charge in [0.25, 0.3) is 0 Å². The first-order chi connectivity index (χ1) is 13.2. The fourth-order valence-electron chi connectivity index (χ4n) is 2.20. The number of nitrogens with zero attached hydrogens (tertiary/aromatic N) is 2. The first-order valence-corrected chi connectivity index (χ1v) is 14.4. The zero-order valence-electron chi connectivity index (χ0n) is 16.9. The molecule has 2 rings (SSSR count). The van der Waals surface area contributed by atoms with Crippen LogP contribution in [0.1, 0.15) is 27.9 Å². The van der Waals surface area contributed by atoms with E-state index in [9.17, 15) is 9.59 Å². The van der Waals surface area contributed by atoms with Crippen molar-refractivity contribution in [2.24, 2.45) is 0 Å². The van der Waals surface area contributed by atoms with E-state index in [0.717, 1.165) is 25.9 Å². The Balaban J connectivity index is 2.09. The van der Waals surface area contributed by atoms with Crippen molar-refractivity contribution < 1.29 is 19.1 Å². The lowest BCUT2D eigenvalue weighted by Gasteiger charge is -2.15. The van der Waals surface area contributed by atoms with Crippen LogP contribution in [0, 0.1) is 6.92 Å². The lowest BCUT2D eigenvalue weighted by Crippen LogP contribution is -2.22. The Bertz CT molecular complexity index is 834. The molecule has 0 saturated heterocycles. The summed E-state index contributed by atoms with van der Waals surface area (Å²) in [6, 6.07) is 2.70. The highest BCUT2D eigenvalue weighted by atomic mass is 32.2. The quantitative estimate of drug-likeness (QED) is 0.418. The summed E-state index contributed by atoms with van der Waals surface area (Å²) in [7, 11) is -1.27. The predicted octanol–water partition coefficient (Wildman–Crippen LogP) is 4.60. The maximum atomic E-state index is 12.5. The SMILES string of the molecule is CCOC(=O)Cc1sc(Sc2ccncc2C(=O)OCC[Si](C)(C)C)nc1C. The van der Waals surface area contributed by atoms with Gasteiger partial charge in [0.2, 0.25) is 0 Å². The predicted molar refractivity (Wildman–Crippen MR) is 114 cm³/mol. The first-order valence-electron chi connectivity index (χ1n) is 9.10. The van der Waals surface area contributed by atoms with E-state index in [0.29, 0.717) is 18.8 Å². The standard InChI is InChI=1S/C19H26N2O4S2Si/c1-6-24-17(22)11-16-13(2)21-19(27-16)26-15-7-8-20-12-14(15)18(23)25-9-10-28(3,4)5/h7-8,12H,6,9-11H2,1-5H3. The molecule has 6 nitrogen and oxygen atoms in total. The zero-order valence-corrected chi connectivity index (χ0v) is 19.5. The number of hydrogen-bond acceptors (Lipinski definition) is 8. The number of carbonyl (C=O) groups is 2. The maximum Gasteiger partial charge on any atom is 0.340 e. The second-order valence-electron chi connectivity index (χ2n) is 7.39. The van der Waals surface area contributed by atoms with E-state index < -0.39 is 8.07 Å². The molecule has 28 heavy (non-hydrogen) atoms. The van der Waals surface area contributed by atoms with Crippen LogP contribution in [0.2, 0.25) is 25.7 Å². The summed E-state index contributed by atoms with van der Waals surface area (Å²) in [4.78, 5) is 34.4. The minimum absolute atomic E-state index is 0.208. The maximum absolute atomic E-state index is 12.5. The second-order valence-corrected chi connectivity index (χ2v) is 15.4. The van der Waals surface area contributed by atoms with Crippen molar-refractivity contribution in [1.29, 1.82) is 0 Å². The number of aryl methyl sites for hydroxylation is 1. The Morgan fingerprint density at radius 3 is 2.68 bits per heavy atom. The van der Waals surface area contributed by atoms with Gasteiger partial charge < -0.3 is 9.47 Å². The van der Waals surface area contributed by atoms with Gasteiger partial charge in [-0.15, -0.1) is 11.3 Å². The van der Waals surface area contributed by atoms with E-state index in [1.54, 1.807) is 19.2 Å². The molecule has 152 valence electrons. The van der Waals surface area contributed by atoms with Crippen molar-refractivity contribution >= 4 is 43.1 Å². The third kappa shape index (κ3) is 7.03. The van der Waals surface area contributed by atoms with E-state index in [1.807, 2.05) is 6.92 Å². The van der Waals surface area contributed by atoms with E-state index in [1.165, 1.54) is 29.3 Å². The molecule has 0 atom stereocenters. The smallest absolute Gasteiger partial charge is 0.340 e. The van der Waals surface area contributed by atoms with Gasteiger partial charge in [0, 0.05) is 30.2 Å². The van der Waals surface area contributed by atoms with Gasteiger partial charge in [-0.2, -0.15) is 0 Å². The molecule has 0 fully saturated rings. The minimum atomic E-state index is -1.27. The number of aromatic nitrogens is 2. The van der Waals surface area contributed by atoms with Gasteiger partial charge in [-0.05, 0) is 26.0 Å². The number of carbonyl (C=O) groups excluding carboxylic acids is 2. The molecular weight excluding hydrogens is 412 g/mol. The van der Waals surface area contributed by atoms with Gasteiger partial charge in [-0.25, -0.2) is 9.78 Å². The molecule has 0 aliphatic rings. The fraction of sp³-hybridized carbons (Fsp3) is 0.474. The Labute approximate surface area is 175 Å². The molecular formula is C19H26N2O4S2Si. The van der Waals surface area contributed by atoms with Crippen molar-refractivity contribution in [3.8, 4) is 0 Å². The Morgan fingerprint density at radius 2 is 2.00 bits per heavy atom. The Kier molecular flexibility index (Phi) is 8.20. The lowest BCUT2D eigenvalue weighted by atomic mass is 10.3. The van der Waals surface area contributed by atoms with Crippen molar-refractivity contribution in [1.82, 2.24) is 9.97 Å². The topological polar surface area (TPSA) is 78.4 Å². The average molecular weight is 439 g/mol. The van der Waals surface area contributed by atoms with Crippen molar-refractivity contribution in [3.63, 3.8) is 0 Å². The summed E-state index contributed by atoms with van der Waals surface area (Å²) in [6.07, 6.45) is 3.38. The van der Waals surface area contributed by atoms with Crippen molar-refractivity contribution in [3.05, 3.63) is 34.6 Å². The second kappa shape index (κ2) is 10.2. The van der Waals surface area contributed by atoms with Crippen LogP contribution >= 0.6 is 23.1 Å². The summed E-state index contributed by atoms with van der Waals surface area (Å²) >= 11 is 2.81. The molecule has 2 aromatic rings. The van der Waals surface area contributed by atoms with Crippen LogP contribution in [0.3, 0.4) is 0 Å². The van der Waals surface area contributed by atoms with Crippen LogP contribution in [-0.2, 0) is 20.7 Å². The van der Waals surface area contributed by atoms with Crippen LogP contribution < -0.4 is 0 Å². The van der Waals surface area contributed by atoms with Gasteiger partial charge in [0.1, 0.15) is 0 Å². The monoisotopic (exact) mass is 438 g/mol. The van der Waals surface area contributed by atoms with Crippen LogP contribution in [0.15, 0.2) is 27.7 Å². The molecule has 0 aliphatic heterocycles. The Morgan fingerprint density at radius 1 is 1.25 bits per heavy atom. The number of thiazole rings is 1. The molecule has 0 amide bonds. The highest BCUT2D eigenvalue weighted by molar-refractivity contribution is 8.01. The summed E-state index contributed by atoms with van der Waals surface area (Å²) in [5.41, 5.74) is 1.23. The molecule has 0 saturated carbocycles. The first kappa shape index (κ1) is 22.6. The van der Waals surface area contributed by atoms with E-state index in [4.69, 9.17) is 9.47 Å². The van der Waals surface area contributed by atoms with Gasteiger partial charge in [-0.1, -0.05) is 31.4 Å². The number of ether oxygens (including phenoxy) is 2. The molecule has 0 N–H and O–H groups in total. The number of pyridine rings is 1. The van der Waals surface area contributed by atoms with Crippen LogP contribution in [0.4, 0.5) is 0 Å². The molecule has 0 unspecified atom stereocenters. The number of esters is 2. The van der Waals surface area contributed by atoms with Gasteiger partial charge >= 0.3 is 11.9 Å². The summed E-state index contributed by atoms with van der Waals surface area (Å²) in [5.74, 6) is -0.629. The molecule has 0 aromatic carbocycles. The highest BCUT2D eigenvalue weighted by Crippen LogP contribution is 2.35. The van der Waals surface area contributed by atoms with Crippen LogP contribution in [0.25, 0.3) is 0 Å². The molecule has 9 heteroatoms. The van der Waals surface area contributed by atoms with Gasteiger partial charge in [0.15, 0.2) is 4.34 Å². The summed E-state index contributed by atoms with van der Waals surface area (Å²) < 4.78 is 11.2. The fourth-order valence-corrected chi connectivity index (χ4v) is 5.17. The van der Waals surface area contributed by atoms with Gasteiger partial charge in [0.05, 0.1) is 30.9 Å². The van der Waals surface area contributed by atoms with Gasteiger partial charge in [-0.3, -0.25) is 9.78 Å². The molecule has 0 bridgehead atoms. The van der Waals surface area contributed by atoms with E-state index in [-0.39, 0.29) is 18.4 Å². The summed E-state index contributed by atoms with van der Waals surface area (Å²) in [6.45, 7) is 11.2. The van der Waals surface area contributed by atoms with Crippen LogP contribution in [-0.4, -0.2) is 43.2 Å². The third-order valence-corrected chi connectivity index (χ3v) is 7.76. The van der Waals surface area contributed by atoms with E-state index in [2.05, 4.69) is 29.6 Å². The Hall–Kier alpha value is -1.71. The largest absolute Gasteiger partial charge is 0.466 e. The van der Waals surface area contributed by atoms with E-state index >= 15 is 0 Å². The highest BCUT2D eigenvalue weighted by Gasteiger charge is 2.19. The molecule has 0 aliphatic carbocycles. The summed E-state index contributed by atoms with van der Waals surface area (Å²) in [5, 5.41) is 0. The van der Waals surface area contributed by atoms with Crippen molar-refractivity contribution in [2.45, 2.75) is 55.2 Å². The third-order valence-electron chi connectivity index (χ3n) is 3.77. The number of hydrogen-bond donors (Lipinski definition) is 0. The van der Waals surface area contributed by atoms with Crippen LogP contribution in [0.5, 0.6) is 0 Å². The normalized spacial score (nSPS) is 11.3. The van der Waals surface area contributed by atoms with Crippen molar-refractivity contribution in [2.75, 3.05) is 13.2 Å². The molecule has 0 spiro atoms.